The molecular formula is C27H31O6PS. The van der Waals surface area contributed by atoms with Gasteiger partial charge in [0.15, 0.2) is 0 Å². The molecule has 0 spiro atoms. The van der Waals surface area contributed by atoms with E-state index in [1.165, 1.54) is 0 Å². The molecule has 0 saturated carbocycles. The third-order valence-corrected chi connectivity index (χ3v) is 13.4. The molecule has 3 rings (SSSR count). The molecule has 0 aliphatic rings. The summed E-state index contributed by atoms with van der Waals surface area (Å²) in [4.78, 5) is 12.5. The zero-order valence-electron chi connectivity index (χ0n) is 20.2. The fourth-order valence-corrected chi connectivity index (χ4v) is 12.1. The summed E-state index contributed by atoms with van der Waals surface area (Å²) in [6.07, 6.45) is 1.81. The number of ether oxygens (including phenoxy) is 1. The van der Waals surface area contributed by atoms with Crippen molar-refractivity contribution in [3.63, 3.8) is 0 Å². The van der Waals surface area contributed by atoms with Crippen LogP contribution in [0.1, 0.15) is 20.8 Å². The van der Waals surface area contributed by atoms with Crippen LogP contribution in [-0.2, 0) is 28.1 Å². The Morgan fingerprint density at radius 3 is 1.57 bits per heavy atom. The number of hydrogen-bond donors (Lipinski definition) is 0. The molecule has 0 unspecified atom stereocenters. The van der Waals surface area contributed by atoms with Crippen molar-refractivity contribution in [2.24, 2.45) is 0 Å². The number of benzene rings is 3. The van der Waals surface area contributed by atoms with Crippen molar-refractivity contribution in [3.8, 4) is 0 Å². The molecular weight excluding hydrogens is 483 g/mol. The minimum atomic E-state index is -4.46. The van der Waals surface area contributed by atoms with Crippen LogP contribution in [0.5, 0.6) is 0 Å². The van der Waals surface area contributed by atoms with Gasteiger partial charge in [-0.25, -0.2) is 0 Å². The normalized spacial score (nSPS) is 13.6. The number of hydrogen-bond acceptors (Lipinski definition) is 6. The first-order chi connectivity index (χ1) is 16.8. The molecule has 3 aromatic carbocycles. The van der Waals surface area contributed by atoms with Crippen LogP contribution in [0.2, 0.25) is 0 Å². The third-order valence-electron chi connectivity index (χ3n) is 5.77. The van der Waals surface area contributed by atoms with Crippen molar-refractivity contribution >= 4 is 39.1 Å². The Morgan fingerprint density at radius 2 is 1.20 bits per heavy atom. The van der Waals surface area contributed by atoms with Crippen molar-refractivity contribution in [2.75, 3.05) is 19.4 Å². The van der Waals surface area contributed by atoms with Gasteiger partial charge < -0.3 is 0 Å². The van der Waals surface area contributed by atoms with Gasteiger partial charge in [0.1, 0.15) is 0 Å². The van der Waals surface area contributed by atoms with Gasteiger partial charge in [0, 0.05) is 0 Å². The van der Waals surface area contributed by atoms with Gasteiger partial charge in [-0.2, -0.15) is 0 Å². The van der Waals surface area contributed by atoms with Gasteiger partial charge in [0.2, 0.25) is 0 Å². The van der Waals surface area contributed by atoms with E-state index in [-0.39, 0.29) is 19.4 Å². The average Bonchev–Trinajstić information content (AvgIpc) is 2.88. The van der Waals surface area contributed by atoms with E-state index in [0.29, 0.717) is 21.5 Å². The van der Waals surface area contributed by atoms with E-state index in [2.05, 4.69) is 0 Å². The van der Waals surface area contributed by atoms with Crippen LogP contribution in [-0.4, -0.2) is 33.8 Å². The molecule has 0 aliphatic heterocycles. The predicted octanol–water partition coefficient (Wildman–Crippen LogP) is 4.24. The summed E-state index contributed by atoms with van der Waals surface area (Å²) in [6.45, 7) is 0.835. The van der Waals surface area contributed by atoms with Crippen molar-refractivity contribution in [2.45, 2.75) is 20.8 Å². The Labute approximate surface area is 207 Å². The quantitative estimate of drug-likeness (QED) is 0.216. The molecule has 0 bridgehead atoms. The van der Waals surface area contributed by atoms with E-state index in [0.717, 1.165) is 0 Å². The number of esters is 1. The molecule has 0 atom stereocenters. The van der Waals surface area contributed by atoms with Crippen molar-refractivity contribution < 1.29 is 26.1 Å². The third kappa shape index (κ3) is 5.39. The van der Waals surface area contributed by atoms with Gasteiger partial charge in [0.25, 0.3) is 0 Å². The molecule has 6 nitrogen and oxygen atoms in total. The zero-order valence-corrected chi connectivity index (χ0v) is 21.9. The second kappa shape index (κ2) is 11.3. The van der Waals surface area contributed by atoms with Gasteiger partial charge >= 0.3 is 208 Å². The van der Waals surface area contributed by atoms with Crippen LogP contribution in [0, 0.1) is 0 Å². The standard InChI is InChI=1S/C27H31O6PS/c1-4-31-27(28)23(3)21-22-34(24-15-9-6-10-16-24,25-17-11-7-12-18-25,26-19-13-8-14-20-26)33-35(29,30)32-5-2/h6-21H,4-5,22H2,1-3H3. The molecule has 0 aromatic heterocycles. The number of allylic oxidation sites excluding steroid dienone is 1. The summed E-state index contributed by atoms with van der Waals surface area (Å²) in [5.41, 5.74) is 0.362. The monoisotopic (exact) mass is 514 g/mol. The summed E-state index contributed by atoms with van der Waals surface area (Å²) < 4.78 is 43.4. The predicted molar refractivity (Wildman–Crippen MR) is 142 cm³/mol. The Balaban J connectivity index is 2.50. The van der Waals surface area contributed by atoms with Gasteiger partial charge in [-0.05, 0) is 0 Å². The molecule has 0 amide bonds. The Morgan fingerprint density at radius 1 is 0.771 bits per heavy atom. The number of rotatable bonds is 11. The maximum absolute atomic E-state index is 13.3. The van der Waals surface area contributed by atoms with Crippen molar-refractivity contribution in [3.05, 3.63) is 103 Å². The first kappa shape index (κ1) is 26.8. The van der Waals surface area contributed by atoms with Crippen molar-refractivity contribution in [1.82, 2.24) is 0 Å². The van der Waals surface area contributed by atoms with Crippen LogP contribution >= 0.6 is 6.83 Å². The summed E-state index contributed by atoms with van der Waals surface area (Å²) in [6, 6.07) is 27.9. The number of carbonyl (C=O) groups is 1. The topological polar surface area (TPSA) is 78.9 Å². The van der Waals surface area contributed by atoms with Gasteiger partial charge in [-0.3, -0.25) is 0 Å². The molecule has 0 heterocycles. The van der Waals surface area contributed by atoms with E-state index in [4.69, 9.17) is 12.9 Å². The van der Waals surface area contributed by atoms with Crippen LogP contribution in [0.4, 0.5) is 0 Å². The fraction of sp³-hybridized carbons (Fsp3) is 0.222. The van der Waals surface area contributed by atoms with Gasteiger partial charge in [0.05, 0.1) is 0 Å². The van der Waals surface area contributed by atoms with Crippen molar-refractivity contribution in [1.29, 1.82) is 0 Å². The van der Waals surface area contributed by atoms with E-state index in [1.807, 2.05) is 91.0 Å². The first-order valence-electron chi connectivity index (χ1n) is 11.4. The summed E-state index contributed by atoms with van der Waals surface area (Å²) in [7, 11) is -4.46. The first-order valence-corrected chi connectivity index (χ1v) is 15.1. The molecule has 0 radical (unpaired) electrons. The molecule has 0 saturated heterocycles. The van der Waals surface area contributed by atoms with E-state index < -0.39 is 23.2 Å². The van der Waals surface area contributed by atoms with Crippen LogP contribution < -0.4 is 15.9 Å². The van der Waals surface area contributed by atoms with Crippen LogP contribution in [0.25, 0.3) is 0 Å². The van der Waals surface area contributed by atoms with E-state index in [9.17, 15) is 13.2 Å². The molecule has 0 fully saturated rings. The van der Waals surface area contributed by atoms with Crippen LogP contribution in [0.3, 0.4) is 0 Å². The Bertz CT molecular complexity index is 1160. The Kier molecular flexibility index (Phi) is 8.62. The fourth-order valence-electron chi connectivity index (χ4n) is 4.16. The summed E-state index contributed by atoms with van der Waals surface area (Å²) in [5.74, 6) is -0.467. The molecule has 0 aliphatic carbocycles. The van der Waals surface area contributed by atoms with Gasteiger partial charge in [-0.1, -0.05) is 0 Å². The van der Waals surface area contributed by atoms with Crippen LogP contribution in [0.15, 0.2) is 103 Å². The average molecular weight is 515 g/mol. The second-order valence-corrected chi connectivity index (χ2v) is 13.9. The second-order valence-electron chi connectivity index (χ2n) is 7.90. The molecule has 3 aromatic rings. The summed E-state index contributed by atoms with van der Waals surface area (Å²) in [5, 5.41) is 2.06. The summed E-state index contributed by atoms with van der Waals surface area (Å²) >= 11 is 0. The molecule has 0 N–H and O–H groups in total. The minimum absolute atomic E-state index is 0.0785. The number of carbonyl (C=O) groups excluding carboxylic acids is 1. The van der Waals surface area contributed by atoms with Gasteiger partial charge in [-0.15, -0.1) is 0 Å². The molecule has 186 valence electrons. The molecule has 35 heavy (non-hydrogen) atoms. The SMILES string of the molecule is CCOC(=O)C(C)=CCP(OS(=O)(=O)OCC)(c1ccccc1)(c1ccccc1)c1ccccc1. The maximum atomic E-state index is 13.3. The van der Waals surface area contributed by atoms with E-state index in [1.54, 1.807) is 26.8 Å². The van der Waals surface area contributed by atoms with E-state index >= 15 is 0 Å². The zero-order chi connectivity index (χ0) is 25.4. The Hall–Kier alpha value is -2.83. The molecule has 8 heteroatoms.